The van der Waals surface area contributed by atoms with Gasteiger partial charge in [0.1, 0.15) is 15.6 Å². The maximum atomic E-state index is 13.3. The van der Waals surface area contributed by atoms with E-state index in [4.69, 9.17) is 33.0 Å². The number of fused-ring (bicyclic) bond motifs is 1. The van der Waals surface area contributed by atoms with Gasteiger partial charge in [0.25, 0.3) is 5.91 Å². The molecule has 33 heavy (non-hydrogen) atoms. The lowest BCUT2D eigenvalue weighted by atomic mass is 10.1. The van der Waals surface area contributed by atoms with Crippen molar-refractivity contribution in [2.75, 3.05) is 12.5 Å². The average molecular weight is 503 g/mol. The van der Waals surface area contributed by atoms with Crippen molar-refractivity contribution in [3.05, 3.63) is 74.7 Å². The molecule has 0 radical (unpaired) electrons. The van der Waals surface area contributed by atoms with Crippen molar-refractivity contribution in [3.63, 3.8) is 0 Å². The number of amides is 1. The maximum Gasteiger partial charge on any atom is 0.303 e. The third kappa shape index (κ3) is 4.57. The van der Waals surface area contributed by atoms with Crippen molar-refractivity contribution in [3.8, 4) is 17.0 Å². The first-order valence-corrected chi connectivity index (χ1v) is 11.6. The summed E-state index contributed by atoms with van der Waals surface area (Å²) in [6.07, 6.45) is 0.191. The summed E-state index contributed by atoms with van der Waals surface area (Å²) in [4.78, 5) is 24.7. The van der Waals surface area contributed by atoms with Crippen molar-refractivity contribution < 1.29 is 19.4 Å². The summed E-state index contributed by atoms with van der Waals surface area (Å²) in [5.41, 5.74) is 6.29. The van der Waals surface area contributed by atoms with Crippen LogP contribution in [0.25, 0.3) is 21.3 Å². The molecule has 4 rings (SSSR count). The lowest BCUT2D eigenvalue weighted by molar-refractivity contribution is -0.136. The molecule has 0 aliphatic heterocycles. The highest BCUT2D eigenvalue weighted by atomic mass is 35.5. The quantitative estimate of drug-likeness (QED) is 0.306. The number of aromatic nitrogens is 1. The fourth-order valence-electron chi connectivity index (χ4n) is 3.53. The number of hydrogen-bond acceptors (Lipinski definition) is 4. The number of rotatable bonds is 7. The number of methoxy groups -OCH3 is 1. The number of aryl methyl sites for hydroxylation is 2. The number of thiophene rings is 1. The Morgan fingerprint density at radius 2 is 1.79 bits per heavy atom. The molecule has 9 heteroatoms. The Labute approximate surface area is 204 Å². The smallest absolute Gasteiger partial charge is 0.303 e. The molecule has 2 aromatic heterocycles. The standard InChI is InChI=1S/C24H20Cl2N2O4S/c1-13-3-5-14(6-4-13)17-10-7-15(8-12-19(29)30)28(17)27-24(31)23-20(25)16-9-11-18(32-2)21(26)22(16)33-23/h3-7,9-11H,8,12H2,1-2H3,(H,27,31)(H,29,30). The zero-order valence-corrected chi connectivity index (χ0v) is 20.1. The van der Waals surface area contributed by atoms with E-state index in [1.165, 1.54) is 18.4 Å². The van der Waals surface area contributed by atoms with E-state index in [1.807, 2.05) is 43.3 Å². The first-order chi connectivity index (χ1) is 15.8. The second-order valence-electron chi connectivity index (χ2n) is 7.45. The number of carbonyl (C=O) groups is 2. The van der Waals surface area contributed by atoms with Crippen LogP contribution in [-0.4, -0.2) is 28.8 Å². The lowest BCUT2D eigenvalue weighted by Crippen LogP contribution is -2.25. The van der Waals surface area contributed by atoms with Crippen LogP contribution in [0.15, 0.2) is 48.5 Å². The summed E-state index contributed by atoms with van der Waals surface area (Å²) in [5.74, 6) is -0.837. The minimum Gasteiger partial charge on any atom is -0.495 e. The normalized spacial score (nSPS) is 11.0. The fraction of sp³-hybridized carbons (Fsp3) is 0.167. The number of nitrogens with one attached hydrogen (secondary N) is 1. The molecule has 0 aliphatic rings. The van der Waals surface area contributed by atoms with Crippen molar-refractivity contribution in [1.82, 2.24) is 4.68 Å². The van der Waals surface area contributed by atoms with Gasteiger partial charge in [0.05, 0.1) is 28.9 Å². The van der Waals surface area contributed by atoms with Crippen LogP contribution in [0, 0.1) is 6.92 Å². The molecule has 170 valence electrons. The van der Waals surface area contributed by atoms with Gasteiger partial charge in [-0.25, -0.2) is 0 Å². The second kappa shape index (κ2) is 9.47. The van der Waals surface area contributed by atoms with Crippen LogP contribution in [0.1, 0.15) is 27.3 Å². The van der Waals surface area contributed by atoms with Crippen molar-refractivity contribution >= 4 is 56.5 Å². The Morgan fingerprint density at radius 1 is 1.06 bits per heavy atom. The Bertz CT molecular complexity index is 1360. The summed E-state index contributed by atoms with van der Waals surface area (Å²) in [5, 5.41) is 10.5. The third-order valence-electron chi connectivity index (χ3n) is 5.25. The summed E-state index contributed by atoms with van der Waals surface area (Å²) >= 11 is 14.1. The van der Waals surface area contributed by atoms with E-state index in [-0.39, 0.29) is 12.8 Å². The van der Waals surface area contributed by atoms with Gasteiger partial charge in [-0.05, 0) is 31.2 Å². The Morgan fingerprint density at radius 3 is 2.45 bits per heavy atom. The molecule has 0 atom stereocenters. The second-order valence-corrected chi connectivity index (χ2v) is 9.23. The highest BCUT2D eigenvalue weighted by Crippen LogP contribution is 2.43. The van der Waals surface area contributed by atoms with Gasteiger partial charge >= 0.3 is 5.97 Å². The van der Waals surface area contributed by atoms with Gasteiger partial charge in [-0.3, -0.25) is 19.7 Å². The summed E-state index contributed by atoms with van der Waals surface area (Å²) in [6, 6.07) is 15.0. The van der Waals surface area contributed by atoms with Crippen LogP contribution < -0.4 is 10.2 Å². The molecule has 4 aromatic rings. The number of carboxylic acid groups (broad SMARTS) is 1. The van der Waals surface area contributed by atoms with E-state index >= 15 is 0 Å². The predicted molar refractivity (Wildman–Crippen MR) is 133 cm³/mol. The van der Waals surface area contributed by atoms with Crippen LogP contribution in [0.5, 0.6) is 5.75 Å². The number of carbonyl (C=O) groups excluding carboxylic acids is 1. The van der Waals surface area contributed by atoms with Gasteiger partial charge in [-0.1, -0.05) is 53.0 Å². The van der Waals surface area contributed by atoms with E-state index in [2.05, 4.69) is 5.43 Å². The zero-order chi connectivity index (χ0) is 23.7. The van der Waals surface area contributed by atoms with Crippen LogP contribution in [0.2, 0.25) is 10.0 Å². The summed E-state index contributed by atoms with van der Waals surface area (Å²) in [7, 11) is 1.52. The molecule has 0 saturated carbocycles. The van der Waals surface area contributed by atoms with E-state index in [0.717, 1.165) is 16.8 Å². The summed E-state index contributed by atoms with van der Waals surface area (Å²) < 4.78 is 7.54. The molecule has 0 fully saturated rings. The number of benzene rings is 2. The van der Waals surface area contributed by atoms with Crippen molar-refractivity contribution in [1.29, 1.82) is 0 Å². The molecule has 6 nitrogen and oxygen atoms in total. The van der Waals surface area contributed by atoms with Crippen LogP contribution in [-0.2, 0) is 11.2 Å². The van der Waals surface area contributed by atoms with E-state index in [1.54, 1.807) is 16.8 Å². The molecule has 0 spiro atoms. The van der Waals surface area contributed by atoms with Gasteiger partial charge in [0.15, 0.2) is 0 Å². The Balaban J connectivity index is 1.74. The number of nitrogens with zero attached hydrogens (tertiary/aromatic N) is 1. The molecular weight excluding hydrogens is 483 g/mol. The van der Waals surface area contributed by atoms with Gasteiger partial charge in [0, 0.05) is 23.1 Å². The van der Waals surface area contributed by atoms with Crippen molar-refractivity contribution in [2.24, 2.45) is 0 Å². The molecular formula is C24H20Cl2N2O4S. The van der Waals surface area contributed by atoms with Gasteiger partial charge in [-0.2, -0.15) is 0 Å². The molecule has 2 N–H and O–H groups in total. The number of carboxylic acids is 1. The average Bonchev–Trinajstić information content (AvgIpc) is 3.34. The maximum absolute atomic E-state index is 13.3. The zero-order valence-electron chi connectivity index (χ0n) is 17.8. The monoisotopic (exact) mass is 502 g/mol. The van der Waals surface area contributed by atoms with E-state index in [9.17, 15) is 9.59 Å². The highest BCUT2D eigenvalue weighted by Gasteiger charge is 2.22. The lowest BCUT2D eigenvalue weighted by Gasteiger charge is -2.15. The SMILES string of the molecule is COc1ccc2c(Cl)c(C(=O)Nn3c(CCC(=O)O)ccc3-c3ccc(C)cc3)sc2c1Cl. The van der Waals surface area contributed by atoms with E-state index < -0.39 is 11.9 Å². The molecule has 0 unspecified atom stereocenters. The number of aliphatic carboxylic acids is 1. The number of hydrogen-bond donors (Lipinski definition) is 2. The molecule has 1 amide bonds. The minimum absolute atomic E-state index is 0.0632. The van der Waals surface area contributed by atoms with Crippen LogP contribution >= 0.6 is 34.5 Å². The third-order valence-corrected chi connectivity index (χ3v) is 7.46. The van der Waals surface area contributed by atoms with E-state index in [0.29, 0.717) is 36.5 Å². The highest BCUT2D eigenvalue weighted by molar-refractivity contribution is 7.22. The molecule has 0 aliphatic carbocycles. The molecule has 2 aromatic carbocycles. The molecule has 2 heterocycles. The topological polar surface area (TPSA) is 80.6 Å². The Kier molecular flexibility index (Phi) is 6.65. The van der Waals surface area contributed by atoms with Gasteiger partial charge < -0.3 is 9.84 Å². The molecule has 0 bridgehead atoms. The predicted octanol–water partition coefficient (Wildman–Crippen LogP) is 6.39. The van der Waals surface area contributed by atoms with Crippen molar-refractivity contribution in [2.45, 2.75) is 19.8 Å². The van der Waals surface area contributed by atoms with Gasteiger partial charge in [-0.15, -0.1) is 11.3 Å². The minimum atomic E-state index is -0.915. The number of ether oxygens (including phenoxy) is 1. The van der Waals surface area contributed by atoms with Gasteiger partial charge in [0.2, 0.25) is 0 Å². The van der Waals surface area contributed by atoms with Crippen LogP contribution in [0.3, 0.4) is 0 Å². The summed E-state index contributed by atoms with van der Waals surface area (Å²) in [6.45, 7) is 1.99. The largest absolute Gasteiger partial charge is 0.495 e. The Hall–Kier alpha value is -3.00. The fourth-order valence-corrected chi connectivity index (χ4v) is 5.31. The molecule has 0 saturated heterocycles. The number of halogens is 2. The first kappa shape index (κ1) is 23.2. The first-order valence-electron chi connectivity index (χ1n) is 10.1. The van der Waals surface area contributed by atoms with Crippen LogP contribution in [0.4, 0.5) is 0 Å².